The fraction of sp³-hybridized carbons (Fsp3) is 0.684. The van der Waals surface area contributed by atoms with Gasteiger partial charge in [-0.25, -0.2) is 0 Å². The Morgan fingerprint density at radius 1 is 1.14 bits per heavy atom. The summed E-state index contributed by atoms with van der Waals surface area (Å²) in [4.78, 5) is 2.67. The Hall–Kier alpha value is -0.860. The zero-order valence-corrected chi connectivity index (χ0v) is 14.1. The minimum Gasteiger partial charge on any atom is -0.319 e. The van der Waals surface area contributed by atoms with Crippen molar-refractivity contribution in [3.63, 3.8) is 0 Å². The van der Waals surface area contributed by atoms with E-state index in [2.05, 4.69) is 48.3 Å². The van der Waals surface area contributed by atoms with E-state index < -0.39 is 0 Å². The topological polar surface area (TPSA) is 15.3 Å². The summed E-state index contributed by atoms with van der Waals surface area (Å²) in [6, 6.07) is 8.97. The summed E-state index contributed by atoms with van der Waals surface area (Å²) in [6.07, 6.45) is 5.28. The van der Waals surface area contributed by atoms with Crippen LogP contribution >= 0.6 is 0 Å². The molecule has 2 heteroatoms. The molecule has 1 aromatic carbocycles. The van der Waals surface area contributed by atoms with E-state index in [1.807, 2.05) is 7.05 Å². The van der Waals surface area contributed by atoms with Gasteiger partial charge < -0.3 is 5.32 Å². The van der Waals surface area contributed by atoms with Gasteiger partial charge in [-0.1, -0.05) is 38.1 Å². The van der Waals surface area contributed by atoms with Crippen LogP contribution in [0.3, 0.4) is 0 Å². The summed E-state index contributed by atoms with van der Waals surface area (Å²) >= 11 is 0. The summed E-state index contributed by atoms with van der Waals surface area (Å²) in [7, 11) is 2.03. The molecule has 0 radical (unpaired) electrons. The maximum atomic E-state index is 3.26. The minimum absolute atomic E-state index is 0.841. The van der Waals surface area contributed by atoms with Crippen LogP contribution in [0.25, 0.3) is 0 Å². The molecule has 0 spiro atoms. The van der Waals surface area contributed by atoms with Crippen molar-refractivity contribution >= 4 is 0 Å². The van der Waals surface area contributed by atoms with Gasteiger partial charge in [0.15, 0.2) is 0 Å². The third-order valence-electron chi connectivity index (χ3n) is 4.96. The highest BCUT2D eigenvalue weighted by atomic mass is 15.1. The molecule has 0 aromatic heterocycles. The smallest absolute Gasteiger partial charge is 0.0236 e. The highest BCUT2D eigenvalue weighted by Gasteiger charge is 2.19. The summed E-state index contributed by atoms with van der Waals surface area (Å²) in [5.74, 6) is 1.77. The summed E-state index contributed by atoms with van der Waals surface area (Å²) < 4.78 is 0. The molecule has 1 aliphatic rings. The first kappa shape index (κ1) is 16.5. The molecule has 0 bridgehead atoms. The number of nitrogens with zero attached hydrogens (tertiary/aromatic N) is 1. The Balaban J connectivity index is 1.95. The van der Waals surface area contributed by atoms with Crippen LogP contribution in [0.2, 0.25) is 0 Å². The summed E-state index contributed by atoms with van der Waals surface area (Å²) in [5, 5.41) is 3.26. The molecule has 1 heterocycles. The lowest BCUT2D eigenvalue weighted by atomic mass is 9.89. The van der Waals surface area contributed by atoms with E-state index >= 15 is 0 Å². The zero-order chi connectivity index (χ0) is 15.1. The largest absolute Gasteiger partial charge is 0.319 e. The summed E-state index contributed by atoms with van der Waals surface area (Å²) in [6.45, 7) is 9.49. The molecular formula is C19H32N2. The molecule has 0 amide bonds. The van der Waals surface area contributed by atoms with Gasteiger partial charge >= 0.3 is 0 Å². The molecule has 1 aromatic rings. The summed E-state index contributed by atoms with van der Waals surface area (Å²) in [5.41, 5.74) is 3.03. The average molecular weight is 288 g/mol. The Labute approximate surface area is 130 Å². The van der Waals surface area contributed by atoms with Crippen LogP contribution in [0.15, 0.2) is 24.3 Å². The lowest BCUT2D eigenvalue weighted by molar-refractivity contribution is 0.264. The Kier molecular flexibility index (Phi) is 6.72. The van der Waals surface area contributed by atoms with Crippen molar-refractivity contribution in [3.8, 4) is 0 Å². The molecule has 118 valence electrons. The van der Waals surface area contributed by atoms with Crippen LogP contribution in [0.5, 0.6) is 0 Å². The van der Waals surface area contributed by atoms with Crippen LogP contribution in [-0.2, 0) is 13.0 Å². The maximum Gasteiger partial charge on any atom is 0.0236 e. The Morgan fingerprint density at radius 3 is 2.62 bits per heavy atom. The van der Waals surface area contributed by atoms with Crippen molar-refractivity contribution in [2.45, 2.75) is 46.1 Å². The molecule has 1 fully saturated rings. The van der Waals surface area contributed by atoms with Gasteiger partial charge in [0.05, 0.1) is 0 Å². The number of hydrogen-bond acceptors (Lipinski definition) is 2. The highest BCUT2D eigenvalue weighted by Crippen LogP contribution is 2.25. The van der Waals surface area contributed by atoms with Gasteiger partial charge in [0.25, 0.3) is 0 Å². The number of likely N-dealkylation sites (tertiary alicyclic amines) is 1. The quantitative estimate of drug-likeness (QED) is 0.858. The molecule has 21 heavy (non-hydrogen) atoms. The van der Waals surface area contributed by atoms with Crippen LogP contribution in [-0.4, -0.2) is 31.6 Å². The lowest BCUT2D eigenvalue weighted by Gasteiger charge is -2.22. The van der Waals surface area contributed by atoms with E-state index in [4.69, 9.17) is 0 Å². The van der Waals surface area contributed by atoms with Gasteiger partial charge in [0, 0.05) is 6.54 Å². The molecule has 2 rings (SSSR count). The first-order chi connectivity index (χ1) is 10.2. The number of rotatable bonds is 6. The minimum atomic E-state index is 0.841. The highest BCUT2D eigenvalue weighted by molar-refractivity contribution is 5.27. The SMILES string of the molecule is CNCCc1ccccc1CN1CCCC(C(C)C)CC1. The second kappa shape index (κ2) is 8.55. The van der Waals surface area contributed by atoms with Gasteiger partial charge in [0.1, 0.15) is 0 Å². The fourth-order valence-electron chi connectivity index (χ4n) is 3.46. The lowest BCUT2D eigenvalue weighted by Crippen LogP contribution is -2.25. The number of hydrogen-bond donors (Lipinski definition) is 1. The van der Waals surface area contributed by atoms with E-state index in [0.717, 1.165) is 31.3 Å². The van der Waals surface area contributed by atoms with Gasteiger partial charge in [-0.15, -0.1) is 0 Å². The first-order valence-electron chi connectivity index (χ1n) is 8.64. The molecule has 1 aliphatic heterocycles. The molecule has 1 unspecified atom stereocenters. The predicted octanol–water partition coefficient (Wildman–Crippen LogP) is 3.71. The molecular weight excluding hydrogens is 256 g/mol. The predicted molar refractivity (Wildman–Crippen MR) is 91.5 cm³/mol. The van der Waals surface area contributed by atoms with Gasteiger partial charge in [0.2, 0.25) is 0 Å². The van der Waals surface area contributed by atoms with Crippen molar-refractivity contribution < 1.29 is 0 Å². The van der Waals surface area contributed by atoms with Gasteiger partial charge in [-0.2, -0.15) is 0 Å². The van der Waals surface area contributed by atoms with Crippen molar-refractivity contribution in [1.29, 1.82) is 0 Å². The zero-order valence-electron chi connectivity index (χ0n) is 14.1. The van der Waals surface area contributed by atoms with Crippen LogP contribution in [0.1, 0.15) is 44.2 Å². The van der Waals surface area contributed by atoms with E-state index in [0.29, 0.717) is 0 Å². The second-order valence-electron chi connectivity index (χ2n) is 6.83. The Bertz CT molecular complexity index is 414. The van der Waals surface area contributed by atoms with E-state index in [-0.39, 0.29) is 0 Å². The molecule has 2 nitrogen and oxygen atoms in total. The van der Waals surface area contributed by atoms with Crippen LogP contribution in [0.4, 0.5) is 0 Å². The number of benzene rings is 1. The Morgan fingerprint density at radius 2 is 1.90 bits per heavy atom. The molecule has 0 saturated carbocycles. The van der Waals surface area contributed by atoms with Crippen molar-refractivity contribution in [1.82, 2.24) is 10.2 Å². The maximum absolute atomic E-state index is 3.26. The third-order valence-corrected chi connectivity index (χ3v) is 4.96. The molecule has 1 N–H and O–H groups in total. The number of likely N-dealkylation sites (N-methyl/N-ethyl adjacent to an activating group) is 1. The number of nitrogens with one attached hydrogen (secondary N) is 1. The third kappa shape index (κ3) is 5.12. The van der Waals surface area contributed by atoms with Crippen molar-refractivity contribution in [2.24, 2.45) is 11.8 Å². The van der Waals surface area contributed by atoms with E-state index in [1.54, 1.807) is 0 Å². The fourth-order valence-corrected chi connectivity index (χ4v) is 3.46. The first-order valence-corrected chi connectivity index (χ1v) is 8.64. The average Bonchev–Trinajstić information content (AvgIpc) is 2.72. The molecule has 0 aliphatic carbocycles. The molecule has 1 saturated heterocycles. The van der Waals surface area contributed by atoms with Crippen molar-refractivity contribution in [2.75, 3.05) is 26.7 Å². The van der Waals surface area contributed by atoms with Gasteiger partial charge in [-0.3, -0.25) is 4.90 Å². The van der Waals surface area contributed by atoms with Crippen LogP contribution < -0.4 is 5.32 Å². The molecule has 1 atom stereocenters. The normalized spacial score (nSPS) is 20.7. The standard InChI is InChI=1S/C19H32N2/c1-16(2)17-9-6-13-21(14-11-17)15-19-8-5-4-7-18(19)10-12-20-3/h4-5,7-8,16-17,20H,6,9-15H2,1-3H3. The second-order valence-corrected chi connectivity index (χ2v) is 6.83. The van der Waals surface area contributed by atoms with E-state index in [9.17, 15) is 0 Å². The van der Waals surface area contributed by atoms with E-state index in [1.165, 1.54) is 43.5 Å². The van der Waals surface area contributed by atoms with Crippen molar-refractivity contribution in [3.05, 3.63) is 35.4 Å². The van der Waals surface area contributed by atoms with Gasteiger partial charge in [-0.05, 0) is 75.3 Å². The van der Waals surface area contributed by atoms with Crippen LogP contribution in [0, 0.1) is 11.8 Å². The monoisotopic (exact) mass is 288 g/mol.